The predicted octanol–water partition coefficient (Wildman–Crippen LogP) is 3.28. The molecule has 0 bridgehead atoms. The Morgan fingerprint density at radius 1 is 1.23 bits per heavy atom. The Balaban J connectivity index is 1.65. The zero-order valence-corrected chi connectivity index (χ0v) is 16.1. The SMILES string of the molecule is Cc1ccc2c(CC(=O)N3CCN(C(C#N)C(C)C)CC3)coc2c1C. The van der Waals surface area contributed by atoms with Crippen molar-refractivity contribution in [2.75, 3.05) is 26.2 Å². The molecule has 1 aliphatic rings. The van der Waals surface area contributed by atoms with Crippen molar-refractivity contribution in [3.05, 3.63) is 35.1 Å². The lowest BCUT2D eigenvalue weighted by atomic mass is 10.0. The number of rotatable bonds is 4. The quantitative estimate of drug-likeness (QED) is 0.846. The van der Waals surface area contributed by atoms with E-state index in [1.54, 1.807) is 6.26 Å². The Kier molecular flexibility index (Phi) is 5.33. The highest BCUT2D eigenvalue weighted by atomic mass is 16.3. The van der Waals surface area contributed by atoms with E-state index in [0.29, 0.717) is 25.4 Å². The number of nitriles is 1. The molecule has 1 aliphatic heterocycles. The molecule has 26 heavy (non-hydrogen) atoms. The molecular formula is C21H27N3O2. The minimum absolute atomic E-state index is 0.0729. The smallest absolute Gasteiger partial charge is 0.227 e. The molecule has 1 atom stereocenters. The van der Waals surface area contributed by atoms with Gasteiger partial charge in [-0.2, -0.15) is 5.26 Å². The predicted molar refractivity (Wildman–Crippen MR) is 102 cm³/mol. The van der Waals surface area contributed by atoms with Crippen LogP contribution in [0, 0.1) is 31.1 Å². The minimum Gasteiger partial charge on any atom is -0.464 e. The molecular weight excluding hydrogens is 326 g/mol. The van der Waals surface area contributed by atoms with Gasteiger partial charge >= 0.3 is 0 Å². The van der Waals surface area contributed by atoms with Gasteiger partial charge < -0.3 is 9.32 Å². The third kappa shape index (κ3) is 3.47. The fourth-order valence-electron chi connectivity index (χ4n) is 3.70. The topological polar surface area (TPSA) is 60.5 Å². The second kappa shape index (κ2) is 7.51. The third-order valence-corrected chi connectivity index (χ3v) is 5.51. The first-order valence-electron chi connectivity index (χ1n) is 9.30. The van der Waals surface area contributed by atoms with Crippen molar-refractivity contribution in [1.29, 1.82) is 5.26 Å². The molecule has 5 nitrogen and oxygen atoms in total. The zero-order valence-electron chi connectivity index (χ0n) is 16.1. The van der Waals surface area contributed by atoms with Crippen LogP contribution < -0.4 is 0 Å². The van der Waals surface area contributed by atoms with E-state index in [-0.39, 0.29) is 11.9 Å². The number of piperazine rings is 1. The molecule has 0 aliphatic carbocycles. The van der Waals surface area contributed by atoms with E-state index >= 15 is 0 Å². The lowest BCUT2D eigenvalue weighted by molar-refractivity contribution is -0.132. The van der Waals surface area contributed by atoms with Crippen molar-refractivity contribution >= 4 is 16.9 Å². The van der Waals surface area contributed by atoms with Crippen LogP contribution in [0.5, 0.6) is 0 Å². The fraction of sp³-hybridized carbons (Fsp3) is 0.524. The fourth-order valence-corrected chi connectivity index (χ4v) is 3.70. The molecule has 0 N–H and O–H groups in total. The van der Waals surface area contributed by atoms with Gasteiger partial charge in [0.15, 0.2) is 0 Å². The molecule has 138 valence electrons. The number of nitrogens with zero attached hydrogens (tertiary/aromatic N) is 3. The van der Waals surface area contributed by atoms with E-state index in [4.69, 9.17) is 4.42 Å². The summed E-state index contributed by atoms with van der Waals surface area (Å²) in [5, 5.41) is 10.4. The van der Waals surface area contributed by atoms with Crippen LogP contribution in [0.1, 0.15) is 30.5 Å². The van der Waals surface area contributed by atoms with Gasteiger partial charge in [0.05, 0.1) is 18.8 Å². The van der Waals surface area contributed by atoms with Gasteiger partial charge in [-0.3, -0.25) is 9.69 Å². The number of fused-ring (bicyclic) bond motifs is 1. The van der Waals surface area contributed by atoms with Crippen molar-refractivity contribution in [3.63, 3.8) is 0 Å². The summed E-state index contributed by atoms with van der Waals surface area (Å²) in [7, 11) is 0. The van der Waals surface area contributed by atoms with Gasteiger partial charge in [0, 0.05) is 37.1 Å². The number of furan rings is 1. The second-order valence-electron chi connectivity index (χ2n) is 7.56. The lowest BCUT2D eigenvalue weighted by Crippen LogP contribution is -2.53. The summed E-state index contributed by atoms with van der Waals surface area (Å²) in [6.45, 7) is 11.1. The Morgan fingerprint density at radius 3 is 2.54 bits per heavy atom. The van der Waals surface area contributed by atoms with Crippen molar-refractivity contribution in [1.82, 2.24) is 9.80 Å². The van der Waals surface area contributed by atoms with Gasteiger partial charge in [-0.15, -0.1) is 0 Å². The third-order valence-electron chi connectivity index (χ3n) is 5.51. The van der Waals surface area contributed by atoms with Gasteiger partial charge in [-0.05, 0) is 30.9 Å². The van der Waals surface area contributed by atoms with E-state index in [1.165, 1.54) is 5.56 Å². The molecule has 1 unspecified atom stereocenters. The maximum atomic E-state index is 12.7. The van der Waals surface area contributed by atoms with Crippen molar-refractivity contribution in [2.24, 2.45) is 5.92 Å². The molecule has 3 rings (SSSR count). The van der Waals surface area contributed by atoms with Crippen LogP contribution in [0.3, 0.4) is 0 Å². The van der Waals surface area contributed by atoms with Gasteiger partial charge in [0.1, 0.15) is 11.6 Å². The first kappa shape index (κ1) is 18.5. The Morgan fingerprint density at radius 2 is 1.92 bits per heavy atom. The molecule has 1 aromatic carbocycles. The molecule has 5 heteroatoms. The van der Waals surface area contributed by atoms with Crippen molar-refractivity contribution in [2.45, 2.75) is 40.2 Å². The maximum Gasteiger partial charge on any atom is 0.227 e. The van der Waals surface area contributed by atoms with Crippen LogP contribution in [0.25, 0.3) is 11.0 Å². The van der Waals surface area contributed by atoms with Crippen LogP contribution in [-0.2, 0) is 11.2 Å². The average Bonchev–Trinajstić information content (AvgIpc) is 3.02. The second-order valence-corrected chi connectivity index (χ2v) is 7.56. The molecule has 2 aromatic rings. The Bertz CT molecular complexity index is 839. The molecule has 2 heterocycles. The van der Waals surface area contributed by atoms with Gasteiger partial charge in [0.25, 0.3) is 0 Å². The first-order chi connectivity index (χ1) is 12.4. The average molecular weight is 353 g/mol. The summed E-state index contributed by atoms with van der Waals surface area (Å²) < 4.78 is 5.72. The minimum atomic E-state index is -0.0729. The molecule has 1 aromatic heterocycles. The molecule has 0 radical (unpaired) electrons. The summed E-state index contributed by atoms with van der Waals surface area (Å²) in [5.41, 5.74) is 4.16. The molecule has 0 saturated carbocycles. The van der Waals surface area contributed by atoms with Gasteiger partial charge in [-0.25, -0.2) is 0 Å². The number of hydrogen-bond acceptors (Lipinski definition) is 4. The summed E-state index contributed by atoms with van der Waals surface area (Å²) in [5.74, 6) is 0.426. The van der Waals surface area contributed by atoms with Crippen molar-refractivity contribution < 1.29 is 9.21 Å². The van der Waals surface area contributed by atoms with Gasteiger partial charge in [-0.1, -0.05) is 26.0 Å². The van der Waals surface area contributed by atoms with E-state index in [0.717, 1.165) is 35.2 Å². The number of aryl methyl sites for hydroxylation is 2. The highest BCUT2D eigenvalue weighted by Gasteiger charge is 2.28. The number of benzene rings is 1. The summed E-state index contributed by atoms with van der Waals surface area (Å²) in [4.78, 5) is 16.8. The monoisotopic (exact) mass is 353 g/mol. The van der Waals surface area contributed by atoms with E-state index in [2.05, 4.69) is 37.8 Å². The summed E-state index contributed by atoms with van der Waals surface area (Å²) >= 11 is 0. The normalized spacial score (nSPS) is 16.8. The van der Waals surface area contributed by atoms with E-state index in [1.807, 2.05) is 17.9 Å². The van der Waals surface area contributed by atoms with Crippen LogP contribution >= 0.6 is 0 Å². The lowest BCUT2D eigenvalue weighted by Gasteiger charge is -2.38. The Labute approximate surface area is 155 Å². The summed E-state index contributed by atoms with van der Waals surface area (Å²) in [6.07, 6.45) is 2.08. The highest BCUT2D eigenvalue weighted by molar-refractivity contribution is 5.89. The molecule has 1 amide bonds. The summed E-state index contributed by atoms with van der Waals surface area (Å²) in [6, 6.07) is 6.44. The maximum absolute atomic E-state index is 12.7. The Hall–Kier alpha value is -2.32. The van der Waals surface area contributed by atoms with Crippen LogP contribution in [0.15, 0.2) is 22.8 Å². The number of hydrogen-bond donors (Lipinski definition) is 0. The van der Waals surface area contributed by atoms with Crippen LogP contribution in [-0.4, -0.2) is 47.9 Å². The zero-order chi connectivity index (χ0) is 18.8. The van der Waals surface area contributed by atoms with Crippen molar-refractivity contribution in [3.8, 4) is 6.07 Å². The van der Waals surface area contributed by atoms with E-state index < -0.39 is 0 Å². The van der Waals surface area contributed by atoms with Crippen LogP contribution in [0.2, 0.25) is 0 Å². The van der Waals surface area contributed by atoms with Gasteiger partial charge in [0.2, 0.25) is 5.91 Å². The molecule has 1 saturated heterocycles. The first-order valence-corrected chi connectivity index (χ1v) is 9.30. The standard InChI is InChI=1S/C21H27N3O2/c1-14(2)19(12-22)23-7-9-24(10-8-23)20(25)11-17-13-26-21-16(4)15(3)5-6-18(17)21/h5-6,13-14,19H,7-11H2,1-4H3. The number of carbonyl (C=O) groups is 1. The number of carbonyl (C=O) groups excluding carboxylic acids is 1. The number of amides is 1. The van der Waals surface area contributed by atoms with E-state index in [9.17, 15) is 10.1 Å². The molecule has 0 spiro atoms. The molecule has 1 fully saturated rings. The largest absolute Gasteiger partial charge is 0.464 e. The van der Waals surface area contributed by atoms with Crippen LogP contribution in [0.4, 0.5) is 0 Å². The highest BCUT2D eigenvalue weighted by Crippen LogP contribution is 2.27.